The summed E-state index contributed by atoms with van der Waals surface area (Å²) in [6.45, 7) is 1.71. The summed E-state index contributed by atoms with van der Waals surface area (Å²) in [5.74, 6) is 1.06. The molecule has 1 aliphatic heterocycles. The molecule has 0 aromatic heterocycles. The number of benzene rings is 1. The van der Waals surface area contributed by atoms with Crippen LogP contribution in [0.25, 0.3) is 0 Å². The normalized spacial score (nSPS) is 16.0. The second kappa shape index (κ2) is 4.68. The highest BCUT2D eigenvalue weighted by Gasteiger charge is 2.19. The molecule has 1 aromatic carbocycles. The summed E-state index contributed by atoms with van der Waals surface area (Å²) in [7, 11) is 0. The van der Waals surface area contributed by atoms with Crippen LogP contribution in [0, 0.1) is 5.41 Å². The van der Waals surface area contributed by atoms with E-state index < -0.39 is 0 Å². The maximum atomic E-state index is 7.46. The first kappa shape index (κ1) is 10.5. The van der Waals surface area contributed by atoms with Crippen LogP contribution in [0.1, 0.15) is 11.1 Å². The van der Waals surface area contributed by atoms with Crippen molar-refractivity contribution in [1.82, 2.24) is 0 Å². The van der Waals surface area contributed by atoms with Gasteiger partial charge in [0.2, 0.25) is 0 Å². The third-order valence-electron chi connectivity index (χ3n) is 2.39. The van der Waals surface area contributed by atoms with E-state index in [-0.39, 0.29) is 5.84 Å². The fourth-order valence-electron chi connectivity index (χ4n) is 1.43. The van der Waals surface area contributed by atoms with Gasteiger partial charge in [-0.1, -0.05) is 24.3 Å². The molecular weight excluding hydrogens is 208 g/mol. The van der Waals surface area contributed by atoms with E-state index in [0.717, 1.165) is 30.1 Å². The first-order valence-corrected chi connectivity index (χ1v) is 5.94. The fourth-order valence-corrected chi connectivity index (χ4v) is 2.48. The van der Waals surface area contributed by atoms with E-state index in [0.29, 0.717) is 5.25 Å². The Labute approximate surface area is 93.5 Å². The van der Waals surface area contributed by atoms with Crippen LogP contribution >= 0.6 is 11.8 Å². The first-order chi connectivity index (χ1) is 7.27. The minimum atomic E-state index is 0.149. The van der Waals surface area contributed by atoms with Gasteiger partial charge in [0.25, 0.3) is 0 Å². The maximum absolute atomic E-state index is 7.46. The van der Waals surface area contributed by atoms with Crippen molar-refractivity contribution in [2.45, 2.75) is 11.0 Å². The topological polar surface area (TPSA) is 59.1 Å². The molecule has 0 bridgehead atoms. The summed E-state index contributed by atoms with van der Waals surface area (Å²) < 4.78 is 5.11. The quantitative estimate of drug-likeness (QED) is 0.601. The summed E-state index contributed by atoms with van der Waals surface area (Å²) in [6.07, 6.45) is 0. The van der Waals surface area contributed by atoms with Crippen molar-refractivity contribution in [3.05, 3.63) is 35.4 Å². The third-order valence-corrected chi connectivity index (χ3v) is 3.61. The SMILES string of the molecule is N=C(N)c1ccccc1CSC1COC1. The molecule has 0 aliphatic carbocycles. The zero-order chi connectivity index (χ0) is 10.7. The van der Waals surface area contributed by atoms with Crippen molar-refractivity contribution in [3.8, 4) is 0 Å². The Bertz CT molecular complexity index is 363. The number of ether oxygens (including phenoxy) is 1. The lowest BCUT2D eigenvalue weighted by Gasteiger charge is -2.25. The number of nitrogens with one attached hydrogen (secondary N) is 1. The minimum absolute atomic E-state index is 0.149. The molecule has 3 nitrogen and oxygen atoms in total. The second-order valence-electron chi connectivity index (χ2n) is 3.54. The van der Waals surface area contributed by atoms with Crippen molar-refractivity contribution < 1.29 is 4.74 Å². The van der Waals surface area contributed by atoms with Crippen LogP contribution in [0.5, 0.6) is 0 Å². The Balaban J connectivity index is 2.02. The number of thioether (sulfide) groups is 1. The molecule has 0 unspecified atom stereocenters. The molecule has 0 spiro atoms. The number of amidine groups is 1. The highest BCUT2D eigenvalue weighted by molar-refractivity contribution is 7.99. The van der Waals surface area contributed by atoms with Gasteiger partial charge in [0.15, 0.2) is 0 Å². The van der Waals surface area contributed by atoms with Crippen LogP contribution < -0.4 is 5.73 Å². The van der Waals surface area contributed by atoms with Gasteiger partial charge in [0, 0.05) is 11.3 Å². The summed E-state index contributed by atoms with van der Waals surface area (Å²) in [4.78, 5) is 0. The number of rotatable bonds is 4. The van der Waals surface area contributed by atoms with Crippen molar-refractivity contribution in [3.63, 3.8) is 0 Å². The van der Waals surface area contributed by atoms with Gasteiger partial charge in [-0.3, -0.25) is 5.41 Å². The molecule has 0 amide bonds. The van der Waals surface area contributed by atoms with Gasteiger partial charge in [-0.2, -0.15) is 0 Å². The lowest BCUT2D eigenvalue weighted by Crippen LogP contribution is -2.30. The van der Waals surface area contributed by atoms with Crippen LogP contribution in [0.2, 0.25) is 0 Å². The van der Waals surface area contributed by atoms with Crippen molar-refractivity contribution >= 4 is 17.6 Å². The summed E-state index contributed by atoms with van der Waals surface area (Å²) in [5.41, 5.74) is 7.51. The van der Waals surface area contributed by atoms with Crippen molar-refractivity contribution in [2.75, 3.05) is 13.2 Å². The standard InChI is InChI=1S/C11H14N2OS/c12-11(13)10-4-2-1-3-8(10)7-15-9-5-14-6-9/h1-4,9H,5-7H2,(H3,12,13). The zero-order valence-corrected chi connectivity index (χ0v) is 9.22. The fraction of sp³-hybridized carbons (Fsp3) is 0.364. The van der Waals surface area contributed by atoms with Crippen LogP contribution in [0.3, 0.4) is 0 Å². The molecule has 1 aromatic rings. The molecule has 4 heteroatoms. The average Bonchev–Trinajstić information content (AvgIpc) is 2.16. The predicted molar refractivity (Wildman–Crippen MR) is 63.4 cm³/mol. The molecule has 0 radical (unpaired) electrons. The van der Waals surface area contributed by atoms with Gasteiger partial charge in [0.1, 0.15) is 5.84 Å². The van der Waals surface area contributed by atoms with E-state index in [4.69, 9.17) is 15.9 Å². The molecule has 1 saturated heterocycles. The number of nitrogens with two attached hydrogens (primary N) is 1. The molecule has 0 atom stereocenters. The van der Waals surface area contributed by atoms with Crippen molar-refractivity contribution in [1.29, 1.82) is 5.41 Å². The number of hydrogen-bond acceptors (Lipinski definition) is 3. The Morgan fingerprint density at radius 2 is 2.20 bits per heavy atom. The predicted octanol–water partition coefficient (Wildman–Crippen LogP) is 1.60. The molecule has 80 valence electrons. The molecule has 1 fully saturated rings. The highest BCUT2D eigenvalue weighted by atomic mass is 32.2. The number of hydrogen-bond donors (Lipinski definition) is 2. The second-order valence-corrected chi connectivity index (χ2v) is 4.83. The van der Waals surface area contributed by atoms with E-state index in [1.165, 1.54) is 0 Å². The molecule has 15 heavy (non-hydrogen) atoms. The van der Waals surface area contributed by atoms with Crippen LogP contribution in [0.4, 0.5) is 0 Å². The van der Waals surface area contributed by atoms with Crippen LogP contribution in [-0.4, -0.2) is 24.3 Å². The molecule has 1 aliphatic rings. The van der Waals surface area contributed by atoms with Gasteiger partial charge in [-0.05, 0) is 5.56 Å². The Kier molecular flexibility index (Phi) is 3.28. The van der Waals surface area contributed by atoms with Gasteiger partial charge >= 0.3 is 0 Å². The third kappa shape index (κ3) is 2.52. The smallest absolute Gasteiger partial charge is 0.123 e. The molecule has 2 rings (SSSR count). The van der Waals surface area contributed by atoms with Crippen LogP contribution in [0.15, 0.2) is 24.3 Å². The minimum Gasteiger partial charge on any atom is -0.384 e. The molecular formula is C11H14N2OS. The lowest BCUT2D eigenvalue weighted by molar-refractivity contribution is 0.0455. The Hall–Kier alpha value is -1.00. The van der Waals surface area contributed by atoms with E-state index in [2.05, 4.69) is 0 Å². The van der Waals surface area contributed by atoms with E-state index in [1.807, 2.05) is 36.0 Å². The average molecular weight is 222 g/mol. The molecule has 3 N–H and O–H groups in total. The van der Waals surface area contributed by atoms with E-state index in [9.17, 15) is 0 Å². The lowest BCUT2D eigenvalue weighted by atomic mass is 10.1. The van der Waals surface area contributed by atoms with Gasteiger partial charge < -0.3 is 10.5 Å². The van der Waals surface area contributed by atoms with Gasteiger partial charge in [-0.25, -0.2) is 0 Å². The number of nitrogen functional groups attached to an aromatic ring is 1. The van der Waals surface area contributed by atoms with E-state index in [1.54, 1.807) is 0 Å². The summed E-state index contributed by atoms with van der Waals surface area (Å²) in [5, 5.41) is 8.08. The van der Waals surface area contributed by atoms with Crippen LogP contribution in [-0.2, 0) is 10.5 Å². The van der Waals surface area contributed by atoms with E-state index >= 15 is 0 Å². The molecule has 1 heterocycles. The van der Waals surface area contributed by atoms with Gasteiger partial charge in [0.05, 0.1) is 18.5 Å². The highest BCUT2D eigenvalue weighted by Crippen LogP contribution is 2.24. The van der Waals surface area contributed by atoms with Crippen molar-refractivity contribution in [2.24, 2.45) is 5.73 Å². The largest absolute Gasteiger partial charge is 0.384 e. The first-order valence-electron chi connectivity index (χ1n) is 4.89. The van der Waals surface area contributed by atoms with Gasteiger partial charge in [-0.15, -0.1) is 11.8 Å². The summed E-state index contributed by atoms with van der Waals surface area (Å²) in [6, 6.07) is 7.83. The zero-order valence-electron chi connectivity index (χ0n) is 8.40. The Morgan fingerprint density at radius 1 is 1.47 bits per heavy atom. The monoisotopic (exact) mass is 222 g/mol. The summed E-state index contributed by atoms with van der Waals surface area (Å²) >= 11 is 1.87. The molecule has 0 saturated carbocycles. The maximum Gasteiger partial charge on any atom is 0.123 e. The Morgan fingerprint density at radius 3 is 2.80 bits per heavy atom.